The van der Waals surface area contributed by atoms with Gasteiger partial charge in [0.1, 0.15) is 10.4 Å². The number of rotatable bonds is 5. The minimum atomic E-state index is -1.03. The molecule has 1 aromatic rings. The SMILES string of the molecule is CC[C@@H](C)[C@@H](C(=O)O)N1C(=O)/C(=C/c2ccc(Br)cc2)SC1=S. The van der Waals surface area contributed by atoms with Gasteiger partial charge in [0.05, 0.1) is 4.91 Å². The second-order valence-corrected chi connectivity index (χ2v) is 7.86. The first-order valence-corrected chi connectivity index (χ1v) is 9.12. The number of hydrogen-bond donors (Lipinski definition) is 1. The van der Waals surface area contributed by atoms with E-state index < -0.39 is 12.0 Å². The van der Waals surface area contributed by atoms with Gasteiger partial charge < -0.3 is 5.11 Å². The molecule has 1 fully saturated rings. The summed E-state index contributed by atoms with van der Waals surface area (Å²) in [7, 11) is 0. The molecule has 23 heavy (non-hydrogen) atoms. The molecule has 4 nitrogen and oxygen atoms in total. The van der Waals surface area contributed by atoms with Crippen LogP contribution in [-0.2, 0) is 9.59 Å². The van der Waals surface area contributed by atoms with Crippen molar-refractivity contribution in [3.05, 3.63) is 39.2 Å². The van der Waals surface area contributed by atoms with Gasteiger partial charge in [-0.3, -0.25) is 9.69 Å². The Balaban J connectivity index is 2.32. The van der Waals surface area contributed by atoms with Crippen molar-refractivity contribution in [3.8, 4) is 0 Å². The van der Waals surface area contributed by atoms with E-state index >= 15 is 0 Å². The fourth-order valence-corrected chi connectivity index (χ4v) is 3.86. The third kappa shape index (κ3) is 4.02. The average molecular weight is 414 g/mol. The summed E-state index contributed by atoms with van der Waals surface area (Å²) in [6.45, 7) is 3.71. The lowest BCUT2D eigenvalue weighted by atomic mass is 9.98. The van der Waals surface area contributed by atoms with Gasteiger partial charge in [0.2, 0.25) is 0 Å². The van der Waals surface area contributed by atoms with Crippen LogP contribution in [0.2, 0.25) is 0 Å². The zero-order valence-electron chi connectivity index (χ0n) is 12.7. The molecule has 1 aliphatic rings. The summed E-state index contributed by atoms with van der Waals surface area (Å²) in [6, 6.07) is 6.58. The first kappa shape index (κ1) is 18.2. The quantitative estimate of drug-likeness (QED) is 0.580. The van der Waals surface area contributed by atoms with E-state index in [1.807, 2.05) is 38.1 Å². The number of carboxylic acids is 1. The van der Waals surface area contributed by atoms with E-state index in [0.717, 1.165) is 21.8 Å². The van der Waals surface area contributed by atoms with Gasteiger partial charge in [-0.1, -0.05) is 72.3 Å². The van der Waals surface area contributed by atoms with Crippen molar-refractivity contribution >= 4 is 62.2 Å². The molecule has 2 atom stereocenters. The zero-order chi connectivity index (χ0) is 17.1. The van der Waals surface area contributed by atoms with Crippen molar-refractivity contribution in [2.24, 2.45) is 5.92 Å². The number of aliphatic carboxylic acids is 1. The third-order valence-corrected chi connectivity index (χ3v) is 5.56. The molecular weight excluding hydrogens is 398 g/mol. The lowest BCUT2D eigenvalue weighted by Crippen LogP contribution is -2.47. The molecule has 1 saturated heterocycles. The second kappa shape index (κ2) is 7.59. The Morgan fingerprint density at radius 2 is 2.04 bits per heavy atom. The fraction of sp³-hybridized carbons (Fsp3) is 0.312. The van der Waals surface area contributed by atoms with Gasteiger partial charge in [0.15, 0.2) is 0 Å². The Morgan fingerprint density at radius 1 is 1.43 bits per heavy atom. The molecule has 0 aliphatic carbocycles. The van der Waals surface area contributed by atoms with Gasteiger partial charge in [0, 0.05) is 4.47 Å². The molecule has 1 amide bonds. The topological polar surface area (TPSA) is 57.6 Å². The summed E-state index contributed by atoms with van der Waals surface area (Å²) < 4.78 is 1.25. The maximum absolute atomic E-state index is 12.6. The summed E-state index contributed by atoms with van der Waals surface area (Å²) in [5.74, 6) is -1.54. The number of carbonyl (C=O) groups is 2. The number of carboxylic acid groups (broad SMARTS) is 1. The van der Waals surface area contributed by atoms with E-state index in [0.29, 0.717) is 15.6 Å². The normalized spacial score (nSPS) is 19.3. The molecule has 1 aliphatic heterocycles. The molecule has 122 valence electrons. The lowest BCUT2D eigenvalue weighted by Gasteiger charge is -2.27. The number of carbonyl (C=O) groups excluding carboxylic acids is 1. The molecule has 1 heterocycles. The summed E-state index contributed by atoms with van der Waals surface area (Å²) in [5.41, 5.74) is 0.865. The van der Waals surface area contributed by atoms with Crippen LogP contribution in [0.4, 0.5) is 0 Å². The highest BCUT2D eigenvalue weighted by atomic mass is 79.9. The van der Waals surface area contributed by atoms with Crippen molar-refractivity contribution in [1.29, 1.82) is 0 Å². The molecule has 1 aromatic carbocycles. The van der Waals surface area contributed by atoms with Crippen molar-refractivity contribution in [1.82, 2.24) is 4.90 Å². The van der Waals surface area contributed by atoms with E-state index in [-0.39, 0.29) is 11.8 Å². The molecule has 7 heteroatoms. The molecule has 0 unspecified atom stereocenters. The number of hydrogen-bond acceptors (Lipinski definition) is 4. The van der Waals surface area contributed by atoms with Crippen LogP contribution in [0, 0.1) is 5.92 Å². The molecule has 0 aromatic heterocycles. The lowest BCUT2D eigenvalue weighted by molar-refractivity contribution is -0.147. The van der Waals surface area contributed by atoms with Crippen LogP contribution in [0.5, 0.6) is 0 Å². The Labute approximate surface area is 153 Å². The van der Waals surface area contributed by atoms with E-state index in [1.54, 1.807) is 6.08 Å². The van der Waals surface area contributed by atoms with Gasteiger partial charge in [-0.15, -0.1) is 0 Å². The predicted octanol–water partition coefficient (Wildman–Crippen LogP) is 4.15. The predicted molar refractivity (Wildman–Crippen MR) is 100 cm³/mol. The maximum atomic E-state index is 12.6. The number of thioether (sulfide) groups is 1. The van der Waals surface area contributed by atoms with Crippen LogP contribution in [0.3, 0.4) is 0 Å². The smallest absolute Gasteiger partial charge is 0.327 e. The second-order valence-electron chi connectivity index (χ2n) is 5.27. The Morgan fingerprint density at radius 3 is 2.57 bits per heavy atom. The number of thiocarbonyl (C=S) groups is 1. The molecule has 0 radical (unpaired) electrons. The minimum absolute atomic E-state index is 0.179. The van der Waals surface area contributed by atoms with Gasteiger partial charge in [0.25, 0.3) is 5.91 Å². The molecule has 2 rings (SSSR count). The van der Waals surface area contributed by atoms with Crippen LogP contribution >= 0.6 is 39.9 Å². The first-order chi connectivity index (χ1) is 10.8. The van der Waals surface area contributed by atoms with Crippen LogP contribution in [0.1, 0.15) is 25.8 Å². The van der Waals surface area contributed by atoms with Crippen molar-refractivity contribution in [3.63, 3.8) is 0 Å². The van der Waals surface area contributed by atoms with E-state index in [9.17, 15) is 14.7 Å². The van der Waals surface area contributed by atoms with E-state index in [1.165, 1.54) is 4.90 Å². The van der Waals surface area contributed by atoms with Gasteiger partial charge in [-0.25, -0.2) is 4.79 Å². The third-order valence-electron chi connectivity index (χ3n) is 3.71. The molecular formula is C16H16BrNO3S2. The van der Waals surface area contributed by atoms with Gasteiger partial charge in [-0.05, 0) is 29.7 Å². The molecule has 0 bridgehead atoms. The Hall–Kier alpha value is -1.18. The van der Waals surface area contributed by atoms with Crippen LogP contribution in [0.25, 0.3) is 6.08 Å². The number of amides is 1. The van der Waals surface area contributed by atoms with Crippen LogP contribution < -0.4 is 0 Å². The van der Waals surface area contributed by atoms with Crippen molar-refractivity contribution < 1.29 is 14.7 Å². The van der Waals surface area contributed by atoms with Crippen LogP contribution in [-0.4, -0.2) is 32.2 Å². The van der Waals surface area contributed by atoms with E-state index in [2.05, 4.69) is 15.9 Å². The standard InChI is InChI=1S/C16H16BrNO3S2/c1-3-9(2)13(15(20)21)18-14(19)12(23-16(18)22)8-10-4-6-11(17)7-5-10/h4-9,13H,3H2,1-2H3,(H,20,21)/b12-8-/t9-,13+/m1/s1. The summed E-state index contributed by atoms with van der Waals surface area (Å²) in [6.07, 6.45) is 2.39. The van der Waals surface area contributed by atoms with Gasteiger partial charge >= 0.3 is 5.97 Å². The highest BCUT2D eigenvalue weighted by Crippen LogP contribution is 2.36. The fourth-order valence-electron chi connectivity index (χ4n) is 2.26. The first-order valence-electron chi connectivity index (χ1n) is 7.10. The summed E-state index contributed by atoms with van der Waals surface area (Å²) in [4.78, 5) is 25.9. The summed E-state index contributed by atoms with van der Waals surface area (Å²) >= 11 is 9.76. The monoisotopic (exact) mass is 413 g/mol. The molecule has 0 saturated carbocycles. The van der Waals surface area contributed by atoms with E-state index in [4.69, 9.17) is 12.2 Å². The number of halogens is 1. The van der Waals surface area contributed by atoms with Crippen molar-refractivity contribution in [2.45, 2.75) is 26.3 Å². The highest BCUT2D eigenvalue weighted by molar-refractivity contribution is 9.10. The average Bonchev–Trinajstić information content (AvgIpc) is 2.77. The highest BCUT2D eigenvalue weighted by Gasteiger charge is 2.42. The van der Waals surface area contributed by atoms with Crippen molar-refractivity contribution in [2.75, 3.05) is 0 Å². The largest absolute Gasteiger partial charge is 0.480 e. The van der Waals surface area contributed by atoms with Gasteiger partial charge in [-0.2, -0.15) is 0 Å². The molecule has 1 N–H and O–H groups in total. The Bertz CT molecular complexity index is 672. The zero-order valence-corrected chi connectivity index (χ0v) is 15.9. The Kier molecular flexibility index (Phi) is 6.00. The van der Waals surface area contributed by atoms with Crippen LogP contribution in [0.15, 0.2) is 33.6 Å². The number of nitrogens with zero attached hydrogens (tertiary/aromatic N) is 1. The maximum Gasteiger partial charge on any atom is 0.327 e. The summed E-state index contributed by atoms with van der Waals surface area (Å²) in [5, 5.41) is 9.49. The molecule has 0 spiro atoms. The number of benzene rings is 1. The minimum Gasteiger partial charge on any atom is -0.480 e.